The second-order valence-electron chi connectivity index (χ2n) is 2.92. The molecule has 0 N–H and O–H groups in total. The Bertz CT molecular complexity index is 453. The zero-order valence-electron chi connectivity index (χ0n) is 7.45. The zero-order valence-corrected chi connectivity index (χ0v) is 9.04. The largest absolute Gasteiger partial charge is 0.355 e. The minimum Gasteiger partial charge on any atom is -0.355 e. The van der Waals surface area contributed by atoms with E-state index in [1.165, 1.54) is 6.07 Å². The molecule has 2 rings (SSSR count). The molecule has 0 unspecified atom stereocenters. The van der Waals surface area contributed by atoms with Gasteiger partial charge in [0.05, 0.1) is 0 Å². The molecule has 2 aromatic rings. The number of nitrogens with zero attached hydrogens (tertiary/aromatic N) is 1. The highest BCUT2D eigenvalue weighted by Crippen LogP contribution is 2.25. The van der Waals surface area contributed by atoms with Crippen LogP contribution in [0.4, 0.5) is 8.78 Å². The van der Waals surface area contributed by atoms with Gasteiger partial charge in [0, 0.05) is 16.1 Å². The van der Waals surface area contributed by atoms with E-state index >= 15 is 0 Å². The first-order valence-electron chi connectivity index (χ1n) is 4.17. The van der Waals surface area contributed by atoms with Gasteiger partial charge in [-0.3, -0.25) is 0 Å². The van der Waals surface area contributed by atoms with E-state index in [4.69, 9.17) is 0 Å². The van der Waals surface area contributed by atoms with Gasteiger partial charge in [0.15, 0.2) is 0 Å². The minimum absolute atomic E-state index is 0.409. The number of halogens is 3. The van der Waals surface area contributed by atoms with Gasteiger partial charge < -0.3 is 4.52 Å². The van der Waals surface area contributed by atoms with Crippen LogP contribution in [-0.2, 0) is 0 Å². The normalized spacial score (nSPS) is 10.9. The highest BCUT2D eigenvalue weighted by atomic mass is 79.9. The lowest BCUT2D eigenvalue weighted by Crippen LogP contribution is -1.77. The van der Waals surface area contributed by atoms with Crippen molar-refractivity contribution >= 4 is 15.9 Å². The summed E-state index contributed by atoms with van der Waals surface area (Å²) >= 11 is 3.28. The predicted molar refractivity (Wildman–Crippen MR) is 54.6 cm³/mol. The third-order valence-corrected chi connectivity index (χ3v) is 2.41. The average Bonchev–Trinajstić information content (AvgIpc) is 2.68. The van der Waals surface area contributed by atoms with Crippen molar-refractivity contribution in [2.75, 3.05) is 0 Å². The Balaban J connectivity index is 2.33. The maximum atomic E-state index is 12.2. The van der Waals surface area contributed by atoms with Crippen molar-refractivity contribution in [3.05, 3.63) is 40.6 Å². The Morgan fingerprint density at radius 2 is 1.87 bits per heavy atom. The molecule has 0 saturated carbocycles. The maximum absolute atomic E-state index is 12.2. The van der Waals surface area contributed by atoms with E-state index in [1.807, 2.05) is 12.1 Å². The number of alkyl halides is 2. The number of hydrogen-bond acceptors (Lipinski definition) is 2. The van der Waals surface area contributed by atoms with Crippen LogP contribution in [0.3, 0.4) is 0 Å². The van der Waals surface area contributed by atoms with Crippen LogP contribution in [0.25, 0.3) is 11.3 Å². The van der Waals surface area contributed by atoms with Crippen molar-refractivity contribution in [1.29, 1.82) is 0 Å². The second-order valence-corrected chi connectivity index (χ2v) is 3.84. The Labute approximate surface area is 93.0 Å². The van der Waals surface area contributed by atoms with Crippen molar-refractivity contribution in [2.24, 2.45) is 0 Å². The molecular weight excluding hydrogens is 268 g/mol. The third kappa shape index (κ3) is 2.23. The van der Waals surface area contributed by atoms with Crippen molar-refractivity contribution in [3.8, 4) is 11.3 Å². The molecule has 0 bridgehead atoms. The van der Waals surface area contributed by atoms with Crippen LogP contribution >= 0.6 is 15.9 Å². The van der Waals surface area contributed by atoms with Crippen LogP contribution in [0.15, 0.2) is 39.3 Å². The van der Waals surface area contributed by atoms with Gasteiger partial charge in [-0.05, 0) is 12.1 Å². The smallest absolute Gasteiger partial charge is 0.298 e. The molecule has 0 spiro atoms. The first-order valence-corrected chi connectivity index (χ1v) is 4.97. The predicted octanol–water partition coefficient (Wildman–Crippen LogP) is 4.04. The molecule has 0 atom stereocenters. The monoisotopic (exact) mass is 273 g/mol. The number of rotatable bonds is 2. The molecule has 1 aromatic heterocycles. The lowest BCUT2D eigenvalue weighted by atomic mass is 10.1. The van der Waals surface area contributed by atoms with Gasteiger partial charge in [-0.2, -0.15) is 0 Å². The molecule has 1 heterocycles. The number of benzene rings is 1. The number of aromatic nitrogens is 1. The Morgan fingerprint density at radius 1 is 1.20 bits per heavy atom. The van der Waals surface area contributed by atoms with Crippen LogP contribution < -0.4 is 0 Å². The lowest BCUT2D eigenvalue weighted by Gasteiger charge is -1.94. The Kier molecular flexibility index (Phi) is 2.81. The molecule has 0 aliphatic heterocycles. The van der Waals surface area contributed by atoms with Gasteiger partial charge in [0.2, 0.25) is 5.76 Å². The molecule has 1 aromatic carbocycles. The first kappa shape index (κ1) is 10.3. The molecule has 2 nitrogen and oxygen atoms in total. The van der Waals surface area contributed by atoms with Crippen molar-refractivity contribution in [3.63, 3.8) is 0 Å². The standard InChI is InChI=1S/C10H6BrF2NO/c11-7-3-1-6(2-4-7)8-5-9(10(12)13)15-14-8/h1-5,10H. The van der Waals surface area contributed by atoms with Gasteiger partial charge >= 0.3 is 0 Å². The highest BCUT2D eigenvalue weighted by Gasteiger charge is 2.14. The highest BCUT2D eigenvalue weighted by molar-refractivity contribution is 9.10. The van der Waals surface area contributed by atoms with Crippen LogP contribution in [0.1, 0.15) is 12.2 Å². The van der Waals surface area contributed by atoms with Crippen molar-refractivity contribution in [1.82, 2.24) is 5.16 Å². The summed E-state index contributed by atoms with van der Waals surface area (Å²) in [6.45, 7) is 0. The molecular formula is C10H6BrF2NO. The van der Waals surface area contributed by atoms with E-state index in [2.05, 4.69) is 25.6 Å². The summed E-state index contributed by atoms with van der Waals surface area (Å²) in [4.78, 5) is 0. The molecule has 78 valence electrons. The fourth-order valence-electron chi connectivity index (χ4n) is 1.15. The first-order chi connectivity index (χ1) is 7.16. The molecule has 0 fully saturated rings. The summed E-state index contributed by atoms with van der Waals surface area (Å²) in [5.41, 5.74) is 1.16. The van der Waals surface area contributed by atoms with Gasteiger partial charge in [0.25, 0.3) is 6.43 Å². The summed E-state index contributed by atoms with van der Waals surface area (Å²) in [5.74, 6) is -0.409. The van der Waals surface area contributed by atoms with Crippen LogP contribution in [0, 0.1) is 0 Å². The van der Waals surface area contributed by atoms with Crippen molar-refractivity contribution < 1.29 is 13.3 Å². The second kappa shape index (κ2) is 4.10. The van der Waals surface area contributed by atoms with E-state index in [0.29, 0.717) is 5.69 Å². The van der Waals surface area contributed by atoms with E-state index in [0.717, 1.165) is 10.0 Å². The van der Waals surface area contributed by atoms with Gasteiger partial charge in [-0.1, -0.05) is 33.2 Å². The molecule has 0 aliphatic rings. The van der Waals surface area contributed by atoms with Crippen molar-refractivity contribution in [2.45, 2.75) is 6.43 Å². The fourth-order valence-corrected chi connectivity index (χ4v) is 1.41. The summed E-state index contributed by atoms with van der Waals surface area (Å²) in [5, 5.41) is 3.57. The SMILES string of the molecule is FC(F)c1cc(-c2ccc(Br)cc2)no1. The Morgan fingerprint density at radius 3 is 2.40 bits per heavy atom. The van der Waals surface area contributed by atoms with E-state index < -0.39 is 12.2 Å². The average molecular weight is 274 g/mol. The molecule has 0 radical (unpaired) electrons. The fraction of sp³-hybridized carbons (Fsp3) is 0.100. The summed E-state index contributed by atoms with van der Waals surface area (Å²) in [6.07, 6.45) is -2.62. The van der Waals surface area contributed by atoms with E-state index in [1.54, 1.807) is 12.1 Å². The molecule has 15 heavy (non-hydrogen) atoms. The van der Waals surface area contributed by atoms with Gasteiger partial charge in [-0.15, -0.1) is 0 Å². The molecule has 0 amide bonds. The molecule has 0 aliphatic carbocycles. The van der Waals surface area contributed by atoms with Crippen LogP contribution in [-0.4, -0.2) is 5.16 Å². The third-order valence-electron chi connectivity index (χ3n) is 1.88. The minimum atomic E-state index is -2.62. The van der Waals surface area contributed by atoms with Crippen LogP contribution in [0.2, 0.25) is 0 Å². The van der Waals surface area contributed by atoms with E-state index in [-0.39, 0.29) is 0 Å². The summed E-state index contributed by atoms with van der Waals surface area (Å²) in [6, 6.07) is 8.42. The Hall–Kier alpha value is -1.23. The van der Waals surface area contributed by atoms with Crippen LogP contribution in [0.5, 0.6) is 0 Å². The van der Waals surface area contributed by atoms with E-state index in [9.17, 15) is 8.78 Å². The maximum Gasteiger partial charge on any atom is 0.298 e. The lowest BCUT2D eigenvalue weighted by molar-refractivity contribution is 0.112. The molecule has 5 heteroatoms. The van der Waals surface area contributed by atoms with Gasteiger partial charge in [0.1, 0.15) is 5.69 Å². The topological polar surface area (TPSA) is 26.0 Å². The number of hydrogen-bond donors (Lipinski definition) is 0. The molecule has 0 saturated heterocycles. The van der Waals surface area contributed by atoms with Gasteiger partial charge in [-0.25, -0.2) is 8.78 Å². The summed E-state index contributed by atoms with van der Waals surface area (Å²) in [7, 11) is 0. The quantitative estimate of drug-likeness (QED) is 0.825. The summed E-state index contributed by atoms with van der Waals surface area (Å²) < 4.78 is 29.9. The zero-order chi connectivity index (χ0) is 10.8.